The number of hydrogen-bond acceptors (Lipinski definition) is 2. The van der Waals surface area contributed by atoms with Gasteiger partial charge in [-0.15, -0.1) is 0 Å². The lowest BCUT2D eigenvalue weighted by Gasteiger charge is -2.15. The minimum atomic E-state index is -4.37. The van der Waals surface area contributed by atoms with Crippen LogP contribution in [0.15, 0.2) is 18.2 Å². The van der Waals surface area contributed by atoms with Crippen molar-refractivity contribution in [2.24, 2.45) is 0 Å². The molecule has 2 nitrogen and oxygen atoms in total. The van der Waals surface area contributed by atoms with Crippen molar-refractivity contribution >= 4 is 17.3 Å². The van der Waals surface area contributed by atoms with Crippen LogP contribution >= 0.6 is 11.6 Å². The van der Waals surface area contributed by atoms with Crippen LogP contribution in [-0.4, -0.2) is 18.8 Å². The number of alkyl halides is 3. The molecule has 0 radical (unpaired) electrons. The van der Waals surface area contributed by atoms with Gasteiger partial charge in [0.15, 0.2) is 0 Å². The standard InChI is InChI=1S/C13H15ClF3NO/c1-8-2-4-10(19-8)7-18-12-5-3-9(6-11(12)14)13(15,16)17/h3,5-6,8,10,18H,2,4,7H2,1H3. The summed E-state index contributed by atoms with van der Waals surface area (Å²) in [7, 11) is 0. The second kappa shape index (κ2) is 5.59. The van der Waals surface area contributed by atoms with Crippen molar-refractivity contribution in [3.63, 3.8) is 0 Å². The molecule has 1 heterocycles. The molecule has 1 aliphatic heterocycles. The normalized spacial score (nSPS) is 23.6. The Hall–Kier alpha value is -0.940. The first kappa shape index (κ1) is 14.5. The van der Waals surface area contributed by atoms with Gasteiger partial charge in [0.25, 0.3) is 0 Å². The highest BCUT2D eigenvalue weighted by molar-refractivity contribution is 6.33. The van der Waals surface area contributed by atoms with Crippen LogP contribution in [0.3, 0.4) is 0 Å². The highest BCUT2D eigenvalue weighted by atomic mass is 35.5. The third-order valence-electron chi connectivity index (χ3n) is 3.14. The van der Waals surface area contributed by atoms with Crippen LogP contribution in [0.2, 0.25) is 5.02 Å². The summed E-state index contributed by atoms with van der Waals surface area (Å²) < 4.78 is 43.0. The summed E-state index contributed by atoms with van der Waals surface area (Å²) in [6.07, 6.45) is -2.07. The lowest BCUT2D eigenvalue weighted by Crippen LogP contribution is -2.20. The van der Waals surface area contributed by atoms with Crippen LogP contribution < -0.4 is 5.32 Å². The highest BCUT2D eigenvalue weighted by Gasteiger charge is 2.31. The van der Waals surface area contributed by atoms with Crippen molar-refractivity contribution in [3.8, 4) is 0 Å². The monoisotopic (exact) mass is 293 g/mol. The van der Waals surface area contributed by atoms with E-state index in [0.29, 0.717) is 12.2 Å². The average molecular weight is 294 g/mol. The van der Waals surface area contributed by atoms with Crippen molar-refractivity contribution in [1.82, 2.24) is 0 Å². The van der Waals surface area contributed by atoms with Crippen molar-refractivity contribution in [2.75, 3.05) is 11.9 Å². The fourth-order valence-electron chi connectivity index (χ4n) is 2.09. The van der Waals surface area contributed by atoms with Gasteiger partial charge in [-0.25, -0.2) is 0 Å². The van der Waals surface area contributed by atoms with Gasteiger partial charge in [0.2, 0.25) is 0 Å². The van der Waals surface area contributed by atoms with Crippen molar-refractivity contribution < 1.29 is 17.9 Å². The van der Waals surface area contributed by atoms with Gasteiger partial charge in [0.1, 0.15) is 0 Å². The fraction of sp³-hybridized carbons (Fsp3) is 0.538. The molecule has 0 aromatic heterocycles. The summed E-state index contributed by atoms with van der Waals surface area (Å²) in [5, 5.41) is 3.10. The number of hydrogen-bond donors (Lipinski definition) is 1. The lowest BCUT2D eigenvalue weighted by molar-refractivity contribution is -0.137. The van der Waals surface area contributed by atoms with E-state index in [2.05, 4.69) is 5.32 Å². The predicted molar refractivity (Wildman–Crippen MR) is 68.5 cm³/mol. The summed E-state index contributed by atoms with van der Waals surface area (Å²) in [4.78, 5) is 0. The van der Waals surface area contributed by atoms with E-state index >= 15 is 0 Å². The van der Waals surface area contributed by atoms with Gasteiger partial charge in [-0.2, -0.15) is 13.2 Å². The van der Waals surface area contributed by atoms with Crippen LogP contribution in [-0.2, 0) is 10.9 Å². The quantitative estimate of drug-likeness (QED) is 0.895. The second-order valence-electron chi connectivity index (χ2n) is 4.72. The first-order valence-electron chi connectivity index (χ1n) is 6.12. The largest absolute Gasteiger partial charge is 0.416 e. The molecule has 1 fully saturated rings. The lowest BCUT2D eigenvalue weighted by atomic mass is 10.2. The van der Waals surface area contributed by atoms with E-state index in [1.54, 1.807) is 0 Å². The molecule has 6 heteroatoms. The molecule has 19 heavy (non-hydrogen) atoms. The van der Waals surface area contributed by atoms with Gasteiger partial charge in [0, 0.05) is 6.54 Å². The molecule has 1 aromatic rings. The van der Waals surface area contributed by atoms with Gasteiger partial charge in [-0.05, 0) is 38.0 Å². The molecule has 106 valence electrons. The third-order valence-corrected chi connectivity index (χ3v) is 3.45. The zero-order chi connectivity index (χ0) is 14.0. The average Bonchev–Trinajstić information content (AvgIpc) is 2.72. The van der Waals surface area contributed by atoms with Crippen LogP contribution in [0, 0.1) is 0 Å². The molecular weight excluding hydrogens is 279 g/mol. The molecule has 1 saturated heterocycles. The predicted octanol–water partition coefficient (Wildman–Crippen LogP) is 4.34. The molecular formula is C13H15ClF3NO. The van der Waals surface area contributed by atoms with E-state index in [9.17, 15) is 13.2 Å². The molecule has 1 aromatic carbocycles. The third kappa shape index (κ3) is 3.76. The summed E-state index contributed by atoms with van der Waals surface area (Å²) in [5.74, 6) is 0. The molecule has 2 rings (SSSR count). The SMILES string of the molecule is CC1CCC(CNc2ccc(C(F)(F)F)cc2Cl)O1. The first-order chi connectivity index (χ1) is 8.86. The molecule has 0 amide bonds. The van der Waals surface area contributed by atoms with E-state index in [0.717, 1.165) is 25.0 Å². The number of rotatable bonds is 3. The minimum Gasteiger partial charge on any atom is -0.381 e. The number of halogens is 4. The van der Waals surface area contributed by atoms with Gasteiger partial charge < -0.3 is 10.1 Å². The molecule has 0 bridgehead atoms. The first-order valence-corrected chi connectivity index (χ1v) is 6.50. The Labute approximate surface area is 114 Å². The van der Waals surface area contributed by atoms with Gasteiger partial charge in [0.05, 0.1) is 28.5 Å². The van der Waals surface area contributed by atoms with Gasteiger partial charge in [-0.1, -0.05) is 11.6 Å². The smallest absolute Gasteiger partial charge is 0.381 e. The number of benzene rings is 1. The minimum absolute atomic E-state index is 0.0703. The van der Waals surface area contributed by atoms with E-state index in [-0.39, 0.29) is 17.2 Å². The van der Waals surface area contributed by atoms with Crippen molar-refractivity contribution in [3.05, 3.63) is 28.8 Å². The number of nitrogens with one attached hydrogen (secondary N) is 1. The topological polar surface area (TPSA) is 21.3 Å². The molecule has 0 aliphatic carbocycles. The zero-order valence-corrected chi connectivity index (χ0v) is 11.2. The second-order valence-corrected chi connectivity index (χ2v) is 5.13. The van der Waals surface area contributed by atoms with Gasteiger partial charge in [-0.3, -0.25) is 0 Å². The summed E-state index contributed by atoms with van der Waals surface area (Å²) in [6, 6.07) is 3.30. The summed E-state index contributed by atoms with van der Waals surface area (Å²) >= 11 is 5.85. The Balaban J connectivity index is 1.98. The molecule has 2 atom stereocenters. The zero-order valence-electron chi connectivity index (χ0n) is 10.4. The van der Waals surface area contributed by atoms with Crippen LogP contribution in [0.4, 0.5) is 18.9 Å². The molecule has 1 aliphatic rings. The molecule has 0 saturated carbocycles. The number of ether oxygens (including phenoxy) is 1. The molecule has 1 N–H and O–H groups in total. The van der Waals surface area contributed by atoms with Crippen LogP contribution in [0.25, 0.3) is 0 Å². The van der Waals surface area contributed by atoms with Crippen LogP contribution in [0.1, 0.15) is 25.3 Å². The van der Waals surface area contributed by atoms with E-state index in [1.165, 1.54) is 6.07 Å². The highest BCUT2D eigenvalue weighted by Crippen LogP contribution is 2.33. The van der Waals surface area contributed by atoms with Crippen molar-refractivity contribution in [1.29, 1.82) is 0 Å². The van der Waals surface area contributed by atoms with E-state index in [1.807, 2.05) is 6.92 Å². The fourth-order valence-corrected chi connectivity index (χ4v) is 2.34. The van der Waals surface area contributed by atoms with Crippen LogP contribution in [0.5, 0.6) is 0 Å². The molecule has 2 unspecified atom stereocenters. The summed E-state index contributed by atoms with van der Waals surface area (Å²) in [6.45, 7) is 2.56. The van der Waals surface area contributed by atoms with Gasteiger partial charge >= 0.3 is 6.18 Å². The summed E-state index contributed by atoms with van der Waals surface area (Å²) in [5.41, 5.74) is -0.244. The Morgan fingerprint density at radius 3 is 2.63 bits per heavy atom. The molecule has 0 spiro atoms. The maximum absolute atomic E-state index is 12.5. The Morgan fingerprint density at radius 2 is 2.11 bits per heavy atom. The van der Waals surface area contributed by atoms with Crippen molar-refractivity contribution in [2.45, 2.75) is 38.1 Å². The van der Waals surface area contributed by atoms with E-state index in [4.69, 9.17) is 16.3 Å². The Kier molecular flexibility index (Phi) is 4.26. The Morgan fingerprint density at radius 1 is 1.37 bits per heavy atom. The van der Waals surface area contributed by atoms with E-state index < -0.39 is 11.7 Å². The maximum Gasteiger partial charge on any atom is 0.416 e. The maximum atomic E-state index is 12.5. The Bertz CT molecular complexity index is 450. The number of anilines is 1.